The van der Waals surface area contributed by atoms with E-state index in [0.717, 1.165) is 23.7 Å². The number of hydrogen-bond donors (Lipinski definition) is 1. The first kappa shape index (κ1) is 13.1. The van der Waals surface area contributed by atoms with Crippen molar-refractivity contribution in [2.24, 2.45) is 5.92 Å². The average molecular weight is 342 g/mol. The second kappa shape index (κ2) is 4.99. The molecule has 0 radical (unpaired) electrons. The highest BCUT2D eigenvalue weighted by molar-refractivity contribution is 9.10. The molecule has 0 saturated heterocycles. The van der Waals surface area contributed by atoms with Crippen molar-refractivity contribution >= 4 is 21.8 Å². The molecule has 1 fully saturated rings. The summed E-state index contributed by atoms with van der Waals surface area (Å²) in [7, 11) is 0. The van der Waals surface area contributed by atoms with E-state index < -0.39 is 0 Å². The summed E-state index contributed by atoms with van der Waals surface area (Å²) >= 11 is 3.70. The Kier molecular flexibility index (Phi) is 3.11. The molecule has 0 atom stereocenters. The van der Waals surface area contributed by atoms with Gasteiger partial charge in [0, 0.05) is 16.9 Å². The van der Waals surface area contributed by atoms with Gasteiger partial charge in [0.1, 0.15) is 0 Å². The molecule has 0 bridgehead atoms. The number of carbonyl (C=O) groups excluding carboxylic acids is 1. The molecule has 2 nitrogen and oxygen atoms in total. The van der Waals surface area contributed by atoms with Crippen LogP contribution in [0.25, 0.3) is 11.1 Å². The van der Waals surface area contributed by atoms with E-state index in [9.17, 15) is 4.79 Å². The fourth-order valence-electron chi connectivity index (χ4n) is 3.07. The van der Waals surface area contributed by atoms with Gasteiger partial charge >= 0.3 is 0 Å². The minimum Gasteiger partial charge on any atom is -0.352 e. The van der Waals surface area contributed by atoms with Crippen molar-refractivity contribution in [2.45, 2.75) is 25.8 Å². The van der Waals surface area contributed by atoms with Crippen LogP contribution in [0.5, 0.6) is 0 Å². The summed E-state index contributed by atoms with van der Waals surface area (Å²) in [5.41, 5.74) is 6.53. The fraction of sp³-hybridized carbons (Fsp3) is 0.278. The molecule has 2 aromatic rings. The molecule has 2 aliphatic carbocycles. The molecular weight excluding hydrogens is 326 g/mol. The smallest absolute Gasteiger partial charge is 0.223 e. The highest BCUT2D eigenvalue weighted by atomic mass is 79.9. The number of nitrogens with one attached hydrogen (secondary N) is 1. The van der Waals surface area contributed by atoms with E-state index in [2.05, 4.69) is 57.6 Å². The Morgan fingerprint density at radius 2 is 2.00 bits per heavy atom. The molecule has 0 spiro atoms. The predicted molar refractivity (Wildman–Crippen MR) is 87.0 cm³/mol. The third-order valence-corrected chi connectivity index (χ3v) is 4.94. The Morgan fingerprint density at radius 3 is 2.81 bits per heavy atom. The van der Waals surface area contributed by atoms with Crippen molar-refractivity contribution in [3.05, 3.63) is 57.6 Å². The van der Waals surface area contributed by atoms with Gasteiger partial charge in [0.25, 0.3) is 0 Å². The van der Waals surface area contributed by atoms with Crippen molar-refractivity contribution in [1.29, 1.82) is 0 Å². The molecule has 1 N–H and O–H groups in total. The monoisotopic (exact) mass is 341 g/mol. The predicted octanol–water partition coefficient (Wildman–Crippen LogP) is 4.05. The van der Waals surface area contributed by atoms with Crippen LogP contribution in [0.3, 0.4) is 0 Å². The summed E-state index contributed by atoms with van der Waals surface area (Å²) in [6.45, 7) is 0.623. The third kappa shape index (κ3) is 2.40. The summed E-state index contributed by atoms with van der Waals surface area (Å²) in [5.74, 6) is 0.474. The molecule has 0 aliphatic heterocycles. The van der Waals surface area contributed by atoms with Gasteiger partial charge in [-0.1, -0.05) is 46.3 Å². The highest BCUT2D eigenvalue weighted by Crippen LogP contribution is 2.41. The minimum atomic E-state index is 0.204. The van der Waals surface area contributed by atoms with Gasteiger partial charge < -0.3 is 5.32 Å². The summed E-state index contributed by atoms with van der Waals surface area (Å²) in [6.07, 6.45) is 3.08. The molecule has 21 heavy (non-hydrogen) atoms. The number of rotatable bonds is 3. The van der Waals surface area contributed by atoms with E-state index in [4.69, 9.17) is 0 Å². The molecular formula is C18H16BrNO. The molecule has 1 amide bonds. The molecule has 0 aromatic heterocycles. The number of fused-ring (bicyclic) bond motifs is 3. The first-order chi connectivity index (χ1) is 10.2. The Labute approximate surface area is 132 Å². The zero-order valence-electron chi connectivity index (χ0n) is 11.7. The zero-order valence-corrected chi connectivity index (χ0v) is 13.2. The van der Waals surface area contributed by atoms with E-state index in [1.54, 1.807) is 0 Å². The molecule has 0 heterocycles. The second-order valence-corrected chi connectivity index (χ2v) is 6.79. The standard InChI is InChI=1S/C18H16BrNO/c19-16-8-11(10-20-18(21)12-5-6-12)7-14-9-13-3-1-2-4-15(13)17(14)16/h1-4,7-8,12H,5-6,9-10H2,(H,20,21). The maximum Gasteiger partial charge on any atom is 0.223 e. The number of benzene rings is 2. The van der Waals surface area contributed by atoms with Crippen LogP contribution in [0, 0.1) is 5.92 Å². The van der Waals surface area contributed by atoms with Gasteiger partial charge in [0.05, 0.1) is 0 Å². The first-order valence-electron chi connectivity index (χ1n) is 7.39. The lowest BCUT2D eigenvalue weighted by Crippen LogP contribution is -2.24. The molecule has 4 rings (SSSR count). The van der Waals surface area contributed by atoms with E-state index >= 15 is 0 Å². The van der Waals surface area contributed by atoms with Gasteiger partial charge in [-0.05, 0) is 53.1 Å². The third-order valence-electron chi connectivity index (χ3n) is 4.31. The van der Waals surface area contributed by atoms with Crippen molar-refractivity contribution < 1.29 is 4.79 Å². The molecule has 2 aliphatic rings. The van der Waals surface area contributed by atoms with Gasteiger partial charge in [-0.2, -0.15) is 0 Å². The maximum atomic E-state index is 11.8. The highest BCUT2D eigenvalue weighted by Gasteiger charge is 2.29. The topological polar surface area (TPSA) is 29.1 Å². The van der Waals surface area contributed by atoms with Gasteiger partial charge in [-0.15, -0.1) is 0 Å². The zero-order chi connectivity index (χ0) is 14.4. The van der Waals surface area contributed by atoms with Crippen LogP contribution in [0.2, 0.25) is 0 Å². The van der Waals surface area contributed by atoms with Crippen LogP contribution in [0.1, 0.15) is 29.5 Å². The first-order valence-corrected chi connectivity index (χ1v) is 8.19. The van der Waals surface area contributed by atoms with Crippen molar-refractivity contribution in [1.82, 2.24) is 5.32 Å². The molecule has 2 aromatic carbocycles. The van der Waals surface area contributed by atoms with Gasteiger partial charge in [0.2, 0.25) is 5.91 Å². The number of amides is 1. The second-order valence-electron chi connectivity index (χ2n) is 5.94. The lowest BCUT2D eigenvalue weighted by Gasteiger charge is -2.09. The fourth-order valence-corrected chi connectivity index (χ4v) is 3.83. The largest absolute Gasteiger partial charge is 0.352 e. The summed E-state index contributed by atoms with van der Waals surface area (Å²) < 4.78 is 1.13. The van der Waals surface area contributed by atoms with Crippen LogP contribution in [0.4, 0.5) is 0 Å². The van der Waals surface area contributed by atoms with Crippen LogP contribution >= 0.6 is 15.9 Å². The Hall–Kier alpha value is -1.61. The maximum absolute atomic E-state index is 11.8. The lowest BCUT2D eigenvalue weighted by atomic mass is 10.0. The lowest BCUT2D eigenvalue weighted by molar-refractivity contribution is -0.122. The van der Waals surface area contributed by atoms with Crippen LogP contribution < -0.4 is 5.32 Å². The molecule has 106 valence electrons. The van der Waals surface area contributed by atoms with Crippen molar-refractivity contribution in [3.63, 3.8) is 0 Å². The van der Waals surface area contributed by atoms with E-state index in [1.807, 2.05) is 0 Å². The number of hydrogen-bond acceptors (Lipinski definition) is 1. The van der Waals surface area contributed by atoms with Crippen molar-refractivity contribution in [3.8, 4) is 11.1 Å². The van der Waals surface area contributed by atoms with Gasteiger partial charge in [-0.3, -0.25) is 4.79 Å². The quantitative estimate of drug-likeness (QED) is 0.765. The van der Waals surface area contributed by atoms with E-state index in [0.29, 0.717) is 6.54 Å². The van der Waals surface area contributed by atoms with E-state index in [1.165, 1.54) is 27.8 Å². The summed E-state index contributed by atoms with van der Waals surface area (Å²) in [4.78, 5) is 11.8. The minimum absolute atomic E-state index is 0.204. The number of carbonyl (C=O) groups is 1. The SMILES string of the molecule is O=C(NCc1cc(Br)c2c(c1)Cc1ccccc1-2)C1CC1. The normalized spacial score (nSPS) is 15.5. The Balaban J connectivity index is 1.60. The number of halogens is 1. The van der Waals surface area contributed by atoms with Crippen LogP contribution in [-0.2, 0) is 17.8 Å². The van der Waals surface area contributed by atoms with Crippen LogP contribution in [0.15, 0.2) is 40.9 Å². The van der Waals surface area contributed by atoms with E-state index in [-0.39, 0.29) is 11.8 Å². The average Bonchev–Trinajstić information content (AvgIpc) is 3.25. The van der Waals surface area contributed by atoms with Crippen molar-refractivity contribution in [2.75, 3.05) is 0 Å². The Bertz CT molecular complexity index is 734. The summed E-state index contributed by atoms with van der Waals surface area (Å²) in [5, 5.41) is 3.04. The van der Waals surface area contributed by atoms with Gasteiger partial charge in [0.15, 0.2) is 0 Å². The molecule has 0 unspecified atom stereocenters. The van der Waals surface area contributed by atoms with Gasteiger partial charge in [-0.25, -0.2) is 0 Å². The Morgan fingerprint density at radius 1 is 1.19 bits per heavy atom. The summed E-state index contributed by atoms with van der Waals surface area (Å²) in [6, 6.07) is 12.9. The molecule has 3 heteroatoms. The molecule has 1 saturated carbocycles. The van der Waals surface area contributed by atoms with Crippen LogP contribution in [-0.4, -0.2) is 5.91 Å².